The van der Waals surface area contributed by atoms with Crippen molar-refractivity contribution >= 4 is 20.7 Å². The summed E-state index contributed by atoms with van der Waals surface area (Å²) < 4.78 is 0. The first kappa shape index (κ1) is 10.7. The number of hydrogen-bond donors (Lipinski definition) is 0. The molecule has 0 bridgehead atoms. The van der Waals surface area contributed by atoms with Gasteiger partial charge in [0.15, 0.2) is 0 Å². The van der Waals surface area contributed by atoms with Gasteiger partial charge in [-0.25, -0.2) is 0 Å². The van der Waals surface area contributed by atoms with Gasteiger partial charge in [-0.2, -0.15) is 0 Å². The molecule has 1 fully saturated rings. The molecular weight excluding hydrogens is 237 g/mol. The molecule has 5 heteroatoms. The molecule has 0 N–H and O–H groups in total. The molecule has 74 valence electrons. The SMILES string of the molecule is O=C1CCCC([Se]CC[N+](=O)[O-])C1. The quantitative estimate of drug-likeness (QED) is 0.429. The van der Waals surface area contributed by atoms with Gasteiger partial charge in [0.25, 0.3) is 0 Å². The first-order valence-electron chi connectivity index (χ1n) is 4.43. The van der Waals surface area contributed by atoms with Crippen LogP contribution in [0.15, 0.2) is 0 Å². The van der Waals surface area contributed by atoms with Gasteiger partial charge < -0.3 is 0 Å². The summed E-state index contributed by atoms with van der Waals surface area (Å²) in [5, 5.41) is 10.7. The van der Waals surface area contributed by atoms with E-state index in [0.29, 0.717) is 37.3 Å². The third kappa shape index (κ3) is 4.39. The Hall–Kier alpha value is -0.411. The van der Waals surface area contributed by atoms with E-state index in [4.69, 9.17) is 0 Å². The van der Waals surface area contributed by atoms with Crippen LogP contribution in [-0.4, -0.2) is 32.2 Å². The van der Waals surface area contributed by atoms with Gasteiger partial charge in [-0.1, -0.05) is 0 Å². The Morgan fingerprint density at radius 2 is 2.38 bits per heavy atom. The number of carbonyl (C=O) groups excluding carboxylic acids is 1. The normalized spacial score (nSPS) is 23.1. The third-order valence-electron chi connectivity index (χ3n) is 2.06. The number of carbonyl (C=O) groups is 1. The number of nitrogens with zero attached hydrogens (tertiary/aromatic N) is 1. The Kier molecular flexibility index (Phi) is 4.39. The van der Waals surface area contributed by atoms with E-state index in [0.717, 1.165) is 19.3 Å². The second kappa shape index (κ2) is 5.35. The number of nitro groups is 1. The Balaban J connectivity index is 2.13. The fraction of sp³-hybridized carbons (Fsp3) is 0.875. The van der Waals surface area contributed by atoms with Gasteiger partial charge in [0.1, 0.15) is 0 Å². The molecule has 1 unspecified atom stereocenters. The van der Waals surface area contributed by atoms with Gasteiger partial charge in [-0.15, -0.1) is 0 Å². The Labute approximate surface area is 83.4 Å². The molecule has 1 atom stereocenters. The van der Waals surface area contributed by atoms with Gasteiger partial charge in [-0.05, 0) is 0 Å². The summed E-state index contributed by atoms with van der Waals surface area (Å²) in [7, 11) is 0. The third-order valence-corrected chi connectivity index (χ3v) is 4.78. The van der Waals surface area contributed by atoms with E-state index >= 15 is 0 Å². The Morgan fingerprint density at radius 1 is 1.62 bits per heavy atom. The average molecular weight is 250 g/mol. The van der Waals surface area contributed by atoms with Crippen molar-refractivity contribution in [2.45, 2.75) is 35.8 Å². The molecule has 4 nitrogen and oxygen atoms in total. The maximum absolute atomic E-state index is 11.0. The molecule has 1 aliphatic carbocycles. The molecule has 0 heterocycles. The van der Waals surface area contributed by atoms with Crippen molar-refractivity contribution in [1.29, 1.82) is 0 Å². The summed E-state index contributed by atoms with van der Waals surface area (Å²) in [6.07, 6.45) is 3.49. The number of hydrogen-bond acceptors (Lipinski definition) is 3. The van der Waals surface area contributed by atoms with Crippen molar-refractivity contribution in [3.05, 3.63) is 10.1 Å². The zero-order chi connectivity index (χ0) is 9.68. The predicted octanol–water partition coefficient (Wildman–Crippen LogP) is 1.32. The molecule has 0 aromatic carbocycles. The minimum atomic E-state index is -0.271. The fourth-order valence-corrected chi connectivity index (χ4v) is 3.99. The molecule has 0 spiro atoms. The van der Waals surface area contributed by atoms with Crippen molar-refractivity contribution in [1.82, 2.24) is 0 Å². The summed E-state index contributed by atoms with van der Waals surface area (Å²) in [6, 6.07) is 0. The van der Waals surface area contributed by atoms with Crippen LogP contribution in [0.1, 0.15) is 25.7 Å². The van der Waals surface area contributed by atoms with Gasteiger partial charge in [0, 0.05) is 0 Å². The summed E-state index contributed by atoms with van der Waals surface area (Å²) >= 11 is 0.295. The van der Waals surface area contributed by atoms with Gasteiger partial charge in [-0.3, -0.25) is 0 Å². The summed E-state index contributed by atoms with van der Waals surface area (Å²) in [4.78, 5) is 21.3. The first-order valence-corrected chi connectivity index (χ1v) is 6.63. The van der Waals surface area contributed by atoms with Crippen molar-refractivity contribution in [2.75, 3.05) is 6.54 Å². The van der Waals surface area contributed by atoms with Crippen molar-refractivity contribution in [3.8, 4) is 0 Å². The molecule has 1 saturated carbocycles. The van der Waals surface area contributed by atoms with Crippen LogP contribution in [0, 0.1) is 10.1 Å². The zero-order valence-electron chi connectivity index (χ0n) is 7.40. The van der Waals surface area contributed by atoms with E-state index in [1.165, 1.54) is 0 Å². The Bertz CT molecular complexity index is 208. The standard InChI is InChI=1S/C8H13NO3Se/c10-7-2-1-3-8(6-7)13-5-4-9(11)12/h8H,1-6H2. The minimum absolute atomic E-state index is 0.0741. The van der Waals surface area contributed by atoms with E-state index in [-0.39, 0.29) is 11.5 Å². The van der Waals surface area contributed by atoms with Crippen molar-refractivity contribution in [3.63, 3.8) is 0 Å². The number of Topliss-reactive ketones (excluding diaryl/α,β-unsaturated/α-hetero) is 1. The molecule has 0 saturated heterocycles. The van der Waals surface area contributed by atoms with Crippen LogP contribution in [0.2, 0.25) is 10.1 Å². The van der Waals surface area contributed by atoms with Crippen LogP contribution in [-0.2, 0) is 4.79 Å². The molecule has 0 aromatic rings. The van der Waals surface area contributed by atoms with Gasteiger partial charge in [0.2, 0.25) is 0 Å². The molecule has 0 aliphatic heterocycles. The van der Waals surface area contributed by atoms with E-state index in [2.05, 4.69) is 0 Å². The summed E-state index contributed by atoms with van der Waals surface area (Å²) in [5.41, 5.74) is 0. The fourth-order valence-electron chi connectivity index (χ4n) is 1.42. The first-order chi connectivity index (χ1) is 6.18. The number of ketones is 1. The number of rotatable bonds is 4. The van der Waals surface area contributed by atoms with E-state index < -0.39 is 0 Å². The predicted molar refractivity (Wildman–Crippen MR) is 49.6 cm³/mol. The van der Waals surface area contributed by atoms with Crippen LogP contribution in [0.4, 0.5) is 0 Å². The summed E-state index contributed by atoms with van der Waals surface area (Å²) in [6.45, 7) is 0.0741. The van der Waals surface area contributed by atoms with Crippen molar-refractivity contribution in [2.24, 2.45) is 0 Å². The Morgan fingerprint density at radius 3 is 3.00 bits per heavy atom. The van der Waals surface area contributed by atoms with E-state index in [1.807, 2.05) is 0 Å². The van der Waals surface area contributed by atoms with Crippen LogP contribution in [0.5, 0.6) is 0 Å². The van der Waals surface area contributed by atoms with E-state index in [9.17, 15) is 14.9 Å². The van der Waals surface area contributed by atoms with Crippen molar-refractivity contribution < 1.29 is 9.72 Å². The van der Waals surface area contributed by atoms with Gasteiger partial charge >= 0.3 is 82.9 Å². The van der Waals surface area contributed by atoms with Crippen LogP contribution >= 0.6 is 0 Å². The zero-order valence-corrected chi connectivity index (χ0v) is 9.11. The topological polar surface area (TPSA) is 60.2 Å². The molecular formula is C8H13NO3Se. The summed E-state index contributed by atoms with van der Waals surface area (Å²) in [5.74, 6) is 0.347. The molecule has 1 rings (SSSR count). The molecule has 1 aliphatic rings. The second-order valence-electron chi connectivity index (χ2n) is 3.18. The molecule has 0 amide bonds. The van der Waals surface area contributed by atoms with Crippen LogP contribution in [0.25, 0.3) is 0 Å². The monoisotopic (exact) mass is 251 g/mol. The average Bonchev–Trinajstić information content (AvgIpc) is 2.03. The molecule has 13 heavy (non-hydrogen) atoms. The second-order valence-corrected chi connectivity index (χ2v) is 6.14. The molecule has 0 radical (unpaired) electrons. The maximum atomic E-state index is 11.0. The van der Waals surface area contributed by atoms with Gasteiger partial charge in [0.05, 0.1) is 0 Å². The molecule has 0 aromatic heterocycles. The van der Waals surface area contributed by atoms with E-state index in [1.54, 1.807) is 0 Å². The van der Waals surface area contributed by atoms with Crippen LogP contribution < -0.4 is 0 Å². The van der Waals surface area contributed by atoms with Crippen LogP contribution in [0.3, 0.4) is 0 Å².